The van der Waals surface area contributed by atoms with Crippen LogP contribution in [0, 0.1) is 0 Å². The Hall–Kier alpha value is -8.44. The first-order valence-corrected chi connectivity index (χ1v) is 24.7. The number of hydrogen-bond acceptors (Lipinski definition) is 2. The summed E-state index contributed by atoms with van der Waals surface area (Å²) in [4.78, 5) is 4.85. The summed E-state index contributed by atoms with van der Waals surface area (Å²) in [6.07, 6.45) is 0. The van der Waals surface area contributed by atoms with Gasteiger partial charge in [-0.05, 0) is 111 Å². The second kappa shape index (κ2) is 16.6. The Bertz CT molecular complexity index is 3350. The van der Waals surface area contributed by atoms with Gasteiger partial charge in [0.2, 0.25) is 0 Å². The molecular formula is C62H45N3Si. The molecule has 1 aromatic heterocycles. The second-order valence-corrected chi connectivity index (χ2v) is 20.6. The van der Waals surface area contributed by atoms with Gasteiger partial charge in [-0.2, -0.15) is 0 Å². The SMILES string of the molecule is c1ccc(N(c2ccccc2)c2ccc(-c3ccc(-c4ccc5c(c4)N(c4ccccc4)c4c(c6ccccc6n4-c4ccccc4)[Si]5(c4ccccc4)c4ccccc4)cc3)cc2)cc1. The molecule has 4 heteroatoms. The van der Waals surface area contributed by atoms with E-state index in [1.165, 1.54) is 65.4 Å². The lowest BCUT2D eigenvalue weighted by Gasteiger charge is -2.44. The van der Waals surface area contributed by atoms with Crippen LogP contribution in [0.15, 0.2) is 273 Å². The molecule has 0 spiro atoms. The molecule has 3 nitrogen and oxygen atoms in total. The molecule has 0 bridgehead atoms. The van der Waals surface area contributed by atoms with E-state index in [9.17, 15) is 0 Å². The van der Waals surface area contributed by atoms with Crippen LogP contribution in [-0.2, 0) is 0 Å². The van der Waals surface area contributed by atoms with Crippen LogP contribution in [-0.4, -0.2) is 12.6 Å². The minimum atomic E-state index is -3.03. The van der Waals surface area contributed by atoms with Crippen molar-refractivity contribution < 1.29 is 0 Å². The Kier molecular flexibility index (Phi) is 9.85. The number of hydrogen-bond donors (Lipinski definition) is 0. The van der Waals surface area contributed by atoms with Crippen molar-refractivity contribution in [2.45, 2.75) is 0 Å². The van der Waals surface area contributed by atoms with Crippen LogP contribution in [0.2, 0.25) is 0 Å². The Morgan fingerprint density at radius 3 is 1.29 bits per heavy atom. The van der Waals surface area contributed by atoms with Crippen molar-refractivity contribution in [3.8, 4) is 27.9 Å². The van der Waals surface area contributed by atoms with E-state index in [-0.39, 0.29) is 0 Å². The first-order chi connectivity index (χ1) is 32.8. The van der Waals surface area contributed by atoms with E-state index in [0.717, 1.165) is 28.4 Å². The second-order valence-electron chi connectivity index (χ2n) is 16.9. The molecule has 0 aliphatic carbocycles. The number of fused-ring (bicyclic) bond motifs is 4. The molecule has 0 amide bonds. The molecule has 0 fully saturated rings. The minimum Gasteiger partial charge on any atom is -0.311 e. The van der Waals surface area contributed by atoms with Gasteiger partial charge >= 0.3 is 0 Å². The van der Waals surface area contributed by atoms with E-state index >= 15 is 0 Å². The van der Waals surface area contributed by atoms with Gasteiger partial charge in [0.25, 0.3) is 0 Å². The third-order valence-electron chi connectivity index (χ3n) is 13.2. The highest BCUT2D eigenvalue weighted by molar-refractivity contribution is 7.22. The van der Waals surface area contributed by atoms with Crippen LogP contribution < -0.4 is 30.5 Å². The van der Waals surface area contributed by atoms with Gasteiger partial charge in [-0.3, -0.25) is 9.47 Å². The van der Waals surface area contributed by atoms with Gasteiger partial charge in [-0.15, -0.1) is 0 Å². The average Bonchev–Trinajstić information content (AvgIpc) is 3.75. The summed E-state index contributed by atoms with van der Waals surface area (Å²) < 4.78 is 2.51. The Balaban J connectivity index is 1.04. The standard InChI is InChI=1S/C62H45N3Si/c1-7-21-50(22-8-1)63(51-23-9-2-10-24-51)54-42-39-47(40-43-54)46-35-37-48(38-36-46)49-41-44-60-59(45-49)65(53-27-13-4-14-28-53)62-61(57-33-19-20-34-58(57)64(62)52-25-11-3-12-26-52)66(60,55-29-15-5-16-30-55)56-31-17-6-18-32-56/h1-45H. The molecule has 0 saturated heterocycles. The van der Waals surface area contributed by atoms with Crippen LogP contribution in [0.4, 0.5) is 34.3 Å². The van der Waals surface area contributed by atoms with Gasteiger partial charge < -0.3 is 4.90 Å². The number of rotatable bonds is 9. The van der Waals surface area contributed by atoms with Crippen molar-refractivity contribution in [1.82, 2.24) is 4.57 Å². The fraction of sp³-hybridized carbons (Fsp3) is 0. The summed E-state index contributed by atoms with van der Waals surface area (Å²) in [5.41, 5.74) is 12.7. The van der Waals surface area contributed by atoms with Gasteiger partial charge in [-0.1, -0.05) is 200 Å². The van der Waals surface area contributed by atoms with Gasteiger partial charge in [0.15, 0.2) is 8.07 Å². The zero-order chi connectivity index (χ0) is 43.9. The fourth-order valence-electron chi connectivity index (χ4n) is 10.3. The predicted octanol–water partition coefficient (Wildman–Crippen LogP) is 13.6. The molecule has 2 heterocycles. The Labute approximate surface area is 387 Å². The molecule has 66 heavy (non-hydrogen) atoms. The molecule has 0 atom stereocenters. The fourth-order valence-corrected chi connectivity index (χ4v) is 15.6. The van der Waals surface area contributed by atoms with Crippen LogP contribution in [0.5, 0.6) is 0 Å². The normalized spacial score (nSPS) is 12.6. The lowest BCUT2D eigenvalue weighted by atomic mass is 9.99. The molecule has 0 saturated carbocycles. The molecule has 0 radical (unpaired) electrons. The highest BCUT2D eigenvalue weighted by Crippen LogP contribution is 2.45. The van der Waals surface area contributed by atoms with Crippen molar-refractivity contribution in [3.63, 3.8) is 0 Å². The van der Waals surface area contributed by atoms with Gasteiger partial charge in [-0.25, -0.2) is 0 Å². The zero-order valence-corrected chi connectivity index (χ0v) is 37.3. The summed E-state index contributed by atoms with van der Waals surface area (Å²) >= 11 is 0. The van der Waals surface area contributed by atoms with Crippen LogP contribution in [0.25, 0.3) is 38.8 Å². The summed E-state index contributed by atoms with van der Waals surface area (Å²) in [7, 11) is -3.03. The molecule has 1 aliphatic heterocycles. The van der Waals surface area contributed by atoms with Gasteiger partial charge in [0.05, 0.1) is 5.52 Å². The van der Waals surface area contributed by atoms with E-state index in [0.29, 0.717) is 0 Å². The Morgan fingerprint density at radius 1 is 0.333 bits per heavy atom. The van der Waals surface area contributed by atoms with Crippen molar-refractivity contribution in [3.05, 3.63) is 273 Å². The predicted molar refractivity (Wildman–Crippen MR) is 281 cm³/mol. The molecule has 12 rings (SSSR count). The minimum absolute atomic E-state index is 1.12. The van der Waals surface area contributed by atoms with E-state index in [1.54, 1.807) is 0 Å². The molecular weight excluding hydrogens is 815 g/mol. The van der Waals surface area contributed by atoms with E-state index in [1.807, 2.05) is 0 Å². The average molecular weight is 860 g/mol. The quantitative estimate of drug-likeness (QED) is 0.134. The maximum absolute atomic E-state index is 3.03. The van der Waals surface area contributed by atoms with Crippen LogP contribution in [0.1, 0.15) is 0 Å². The highest BCUT2D eigenvalue weighted by atomic mass is 28.3. The first kappa shape index (κ1) is 39.2. The van der Waals surface area contributed by atoms with Crippen LogP contribution >= 0.6 is 0 Å². The third-order valence-corrected chi connectivity index (χ3v) is 18.1. The van der Waals surface area contributed by atoms with Gasteiger partial charge in [0.1, 0.15) is 5.82 Å². The number of nitrogens with zero attached hydrogens (tertiary/aromatic N) is 3. The smallest absolute Gasteiger partial charge is 0.186 e. The molecule has 11 aromatic rings. The number of para-hydroxylation sites is 5. The topological polar surface area (TPSA) is 11.4 Å². The lowest BCUT2D eigenvalue weighted by Crippen LogP contribution is -2.77. The van der Waals surface area contributed by atoms with Gasteiger partial charge in [0, 0.05) is 44.7 Å². The maximum atomic E-state index is 2.54. The monoisotopic (exact) mass is 859 g/mol. The molecule has 312 valence electrons. The lowest BCUT2D eigenvalue weighted by molar-refractivity contribution is 1.08. The van der Waals surface area contributed by atoms with Crippen molar-refractivity contribution in [2.75, 3.05) is 9.80 Å². The van der Waals surface area contributed by atoms with Crippen molar-refractivity contribution >= 4 is 74.0 Å². The molecule has 0 unspecified atom stereocenters. The molecule has 0 N–H and O–H groups in total. The number of benzene rings is 10. The molecule has 10 aromatic carbocycles. The van der Waals surface area contributed by atoms with E-state index in [2.05, 4.69) is 287 Å². The Morgan fingerprint density at radius 2 is 0.742 bits per heavy atom. The number of aromatic nitrogens is 1. The van der Waals surface area contributed by atoms with Crippen molar-refractivity contribution in [1.29, 1.82) is 0 Å². The van der Waals surface area contributed by atoms with E-state index < -0.39 is 8.07 Å². The summed E-state index contributed by atoms with van der Waals surface area (Å²) in [5.74, 6) is 1.19. The summed E-state index contributed by atoms with van der Waals surface area (Å²) in [5, 5.41) is 6.77. The largest absolute Gasteiger partial charge is 0.311 e. The number of anilines is 6. The first-order valence-electron chi connectivity index (χ1n) is 22.7. The van der Waals surface area contributed by atoms with Crippen LogP contribution in [0.3, 0.4) is 0 Å². The third kappa shape index (κ3) is 6.50. The van der Waals surface area contributed by atoms with E-state index in [4.69, 9.17) is 0 Å². The molecule has 1 aliphatic rings. The highest BCUT2D eigenvalue weighted by Gasteiger charge is 2.52. The zero-order valence-electron chi connectivity index (χ0n) is 36.3. The summed E-state index contributed by atoms with van der Waals surface area (Å²) in [6.45, 7) is 0. The maximum Gasteiger partial charge on any atom is 0.186 e. The van der Waals surface area contributed by atoms with Crippen molar-refractivity contribution in [2.24, 2.45) is 0 Å². The summed E-state index contributed by atoms with van der Waals surface area (Å²) in [6, 6.07) is 100.